The van der Waals surface area contributed by atoms with Crippen LogP contribution >= 0.6 is 11.6 Å². The number of aromatic nitrogens is 1. The van der Waals surface area contributed by atoms with E-state index in [9.17, 15) is 24.8 Å². The van der Waals surface area contributed by atoms with E-state index < -0.39 is 22.5 Å². The number of nitrogens with zero attached hydrogens (tertiary/aromatic N) is 1. The number of H-pyrrole nitrogens is 1. The van der Waals surface area contributed by atoms with E-state index in [2.05, 4.69) is 4.98 Å². The normalized spacial score (nSPS) is 10.5. The molecule has 1 aromatic carbocycles. The fourth-order valence-electron chi connectivity index (χ4n) is 2.42. The van der Waals surface area contributed by atoms with Gasteiger partial charge in [0.05, 0.1) is 22.7 Å². The maximum atomic E-state index is 12.1. The van der Waals surface area contributed by atoms with E-state index in [0.29, 0.717) is 0 Å². The number of nitro groups is 1. The van der Waals surface area contributed by atoms with Crippen molar-refractivity contribution in [2.24, 2.45) is 0 Å². The Labute approximate surface area is 141 Å². The summed E-state index contributed by atoms with van der Waals surface area (Å²) in [6.45, 7) is 3.11. The predicted octanol–water partition coefficient (Wildman–Crippen LogP) is 3.43. The van der Waals surface area contributed by atoms with Crippen LogP contribution in [-0.4, -0.2) is 33.6 Å². The average Bonchev–Trinajstić information content (AvgIpc) is 2.84. The van der Waals surface area contributed by atoms with Crippen LogP contribution in [0.1, 0.15) is 33.5 Å². The second-order valence-electron chi connectivity index (χ2n) is 4.79. The Kier molecular flexibility index (Phi) is 4.89. The molecule has 0 spiro atoms. The third kappa shape index (κ3) is 2.95. The highest BCUT2D eigenvalue weighted by atomic mass is 35.5. The molecule has 0 unspecified atom stereocenters. The highest BCUT2D eigenvalue weighted by Gasteiger charge is 2.31. The number of rotatable bonds is 5. The number of carbonyl (C=O) groups is 2. The number of aromatic carboxylic acids is 1. The van der Waals surface area contributed by atoms with Crippen molar-refractivity contribution in [3.63, 3.8) is 0 Å². The number of esters is 1. The van der Waals surface area contributed by atoms with Gasteiger partial charge in [-0.3, -0.25) is 10.1 Å². The summed E-state index contributed by atoms with van der Waals surface area (Å²) in [7, 11) is 0. The first-order valence-electron chi connectivity index (χ1n) is 6.85. The SMILES string of the molecule is CCOC(=O)c1[nH]c(C)c(C(=O)O)c1-c1cccc(Cl)c1[N+](=O)[O-]. The molecule has 0 saturated heterocycles. The van der Waals surface area contributed by atoms with Crippen molar-refractivity contribution in [3.05, 3.63) is 50.3 Å². The zero-order valence-electron chi connectivity index (χ0n) is 12.8. The van der Waals surface area contributed by atoms with E-state index >= 15 is 0 Å². The summed E-state index contributed by atoms with van der Waals surface area (Å²) in [5.74, 6) is -2.14. The number of halogens is 1. The van der Waals surface area contributed by atoms with Gasteiger partial charge < -0.3 is 14.8 Å². The number of hydrogen-bond acceptors (Lipinski definition) is 5. The van der Waals surface area contributed by atoms with E-state index in [4.69, 9.17) is 16.3 Å². The molecule has 0 aliphatic rings. The molecule has 0 atom stereocenters. The lowest BCUT2D eigenvalue weighted by Crippen LogP contribution is -2.08. The first kappa shape index (κ1) is 17.5. The molecule has 24 heavy (non-hydrogen) atoms. The van der Waals surface area contributed by atoms with Gasteiger partial charge in [-0.25, -0.2) is 9.59 Å². The molecule has 0 bridgehead atoms. The van der Waals surface area contributed by atoms with E-state index in [1.807, 2.05) is 0 Å². The Bertz CT molecular complexity index is 843. The van der Waals surface area contributed by atoms with Gasteiger partial charge >= 0.3 is 11.9 Å². The van der Waals surface area contributed by atoms with Crippen molar-refractivity contribution in [1.82, 2.24) is 4.98 Å². The molecule has 2 N–H and O–H groups in total. The fraction of sp³-hybridized carbons (Fsp3) is 0.200. The van der Waals surface area contributed by atoms with Gasteiger partial charge in [0.25, 0.3) is 5.69 Å². The standard InChI is InChI=1S/C15H13ClN2O6/c1-3-24-15(21)12-11(10(14(19)20)7(2)17-12)8-5-4-6-9(16)13(8)18(22)23/h4-6,17H,3H2,1-2H3,(H,19,20). The van der Waals surface area contributed by atoms with E-state index in [1.54, 1.807) is 6.92 Å². The summed E-state index contributed by atoms with van der Waals surface area (Å²) in [5, 5.41) is 20.7. The summed E-state index contributed by atoms with van der Waals surface area (Å²) in [6.07, 6.45) is 0. The molecule has 8 nitrogen and oxygen atoms in total. The topological polar surface area (TPSA) is 123 Å². The molecule has 0 radical (unpaired) electrons. The Morgan fingerprint density at radius 1 is 1.42 bits per heavy atom. The summed E-state index contributed by atoms with van der Waals surface area (Å²) >= 11 is 5.89. The first-order chi connectivity index (χ1) is 11.3. The molecule has 0 fully saturated rings. The molecule has 1 heterocycles. The predicted molar refractivity (Wildman–Crippen MR) is 85.5 cm³/mol. The summed E-state index contributed by atoms with van der Waals surface area (Å²) in [4.78, 5) is 37.0. The summed E-state index contributed by atoms with van der Waals surface area (Å²) < 4.78 is 4.90. The number of aromatic amines is 1. The van der Waals surface area contributed by atoms with Crippen LogP contribution in [0.5, 0.6) is 0 Å². The highest BCUT2D eigenvalue weighted by Crippen LogP contribution is 2.40. The van der Waals surface area contributed by atoms with Crippen LogP contribution in [0.3, 0.4) is 0 Å². The molecule has 0 amide bonds. The van der Waals surface area contributed by atoms with Crippen molar-refractivity contribution < 1.29 is 24.4 Å². The van der Waals surface area contributed by atoms with Crippen LogP contribution in [0.25, 0.3) is 11.1 Å². The van der Waals surface area contributed by atoms with Gasteiger partial charge in [0, 0.05) is 11.3 Å². The average molecular weight is 353 g/mol. The highest BCUT2D eigenvalue weighted by molar-refractivity contribution is 6.33. The molecule has 9 heteroatoms. The number of nitro benzene ring substituents is 1. The van der Waals surface area contributed by atoms with Crippen LogP contribution in [0.4, 0.5) is 5.69 Å². The maximum absolute atomic E-state index is 12.1. The molecular weight excluding hydrogens is 340 g/mol. The number of nitrogens with one attached hydrogen (secondary N) is 1. The van der Waals surface area contributed by atoms with Crippen LogP contribution in [0, 0.1) is 17.0 Å². The van der Waals surface area contributed by atoms with Gasteiger partial charge in [0.15, 0.2) is 0 Å². The van der Waals surface area contributed by atoms with Crippen LogP contribution in [0.2, 0.25) is 5.02 Å². The molecule has 2 aromatic rings. The molecule has 1 aromatic heterocycles. The monoisotopic (exact) mass is 352 g/mol. The van der Waals surface area contributed by atoms with Gasteiger partial charge in [0.2, 0.25) is 0 Å². The van der Waals surface area contributed by atoms with Gasteiger partial charge in [-0.05, 0) is 26.0 Å². The first-order valence-corrected chi connectivity index (χ1v) is 7.23. The minimum Gasteiger partial charge on any atom is -0.478 e. The number of benzene rings is 1. The lowest BCUT2D eigenvalue weighted by atomic mass is 9.98. The van der Waals surface area contributed by atoms with Gasteiger partial charge in [-0.15, -0.1) is 0 Å². The quantitative estimate of drug-likeness (QED) is 0.483. The summed E-state index contributed by atoms with van der Waals surface area (Å²) in [6, 6.07) is 4.09. The maximum Gasteiger partial charge on any atom is 0.355 e. The van der Waals surface area contributed by atoms with Crippen molar-refractivity contribution in [2.75, 3.05) is 6.61 Å². The molecule has 2 rings (SSSR count). The number of aryl methyl sites for hydroxylation is 1. The Morgan fingerprint density at radius 2 is 2.08 bits per heavy atom. The van der Waals surface area contributed by atoms with Gasteiger partial charge in [-0.1, -0.05) is 17.7 Å². The number of carboxylic acids is 1. The minimum atomic E-state index is -1.33. The van der Waals surface area contributed by atoms with Crippen molar-refractivity contribution in [2.45, 2.75) is 13.8 Å². The van der Waals surface area contributed by atoms with Crippen molar-refractivity contribution >= 4 is 29.2 Å². The Hall–Kier alpha value is -2.87. The Balaban J connectivity index is 2.88. The molecule has 0 aliphatic heterocycles. The second kappa shape index (κ2) is 6.71. The number of ether oxygens (including phenoxy) is 1. The van der Waals surface area contributed by atoms with E-state index in [1.165, 1.54) is 25.1 Å². The number of carboxylic acid groups (broad SMARTS) is 1. The van der Waals surface area contributed by atoms with E-state index in [0.717, 1.165) is 0 Å². The summed E-state index contributed by atoms with van der Waals surface area (Å²) in [5.41, 5.74) is -0.911. The largest absolute Gasteiger partial charge is 0.478 e. The van der Waals surface area contributed by atoms with Crippen molar-refractivity contribution in [3.8, 4) is 11.1 Å². The lowest BCUT2D eigenvalue weighted by molar-refractivity contribution is -0.384. The van der Waals surface area contributed by atoms with E-state index in [-0.39, 0.29) is 39.7 Å². The number of hydrogen-bond donors (Lipinski definition) is 2. The van der Waals surface area contributed by atoms with Crippen LogP contribution < -0.4 is 0 Å². The molecule has 126 valence electrons. The molecule has 0 aliphatic carbocycles. The Morgan fingerprint density at radius 3 is 2.62 bits per heavy atom. The van der Waals surface area contributed by atoms with Crippen LogP contribution in [-0.2, 0) is 4.74 Å². The zero-order chi connectivity index (χ0) is 18.0. The third-order valence-corrected chi connectivity index (χ3v) is 3.62. The third-order valence-electron chi connectivity index (χ3n) is 3.32. The fourth-order valence-corrected chi connectivity index (χ4v) is 2.66. The minimum absolute atomic E-state index is 0.0659. The smallest absolute Gasteiger partial charge is 0.355 e. The van der Waals surface area contributed by atoms with Gasteiger partial charge in [0.1, 0.15) is 10.7 Å². The molecular formula is C15H13ClN2O6. The van der Waals surface area contributed by atoms with Gasteiger partial charge in [-0.2, -0.15) is 0 Å². The lowest BCUT2D eigenvalue weighted by Gasteiger charge is -2.07. The zero-order valence-corrected chi connectivity index (χ0v) is 13.5. The second-order valence-corrected chi connectivity index (χ2v) is 5.20. The molecule has 0 saturated carbocycles. The number of para-hydroxylation sites is 1. The number of carbonyl (C=O) groups excluding carboxylic acids is 1. The van der Waals surface area contributed by atoms with Crippen molar-refractivity contribution in [1.29, 1.82) is 0 Å². The van der Waals surface area contributed by atoms with Crippen LogP contribution in [0.15, 0.2) is 18.2 Å².